The van der Waals surface area contributed by atoms with Crippen LogP contribution in [0, 0.1) is 0 Å². The lowest BCUT2D eigenvalue weighted by atomic mass is 9.85. The summed E-state index contributed by atoms with van der Waals surface area (Å²) in [4.78, 5) is 35.7. The topological polar surface area (TPSA) is 210 Å². The molecule has 8 atom stereocenters. The van der Waals surface area contributed by atoms with E-state index in [1.165, 1.54) is 57.8 Å². The molecule has 63 heavy (non-hydrogen) atoms. The number of phosphoric acid groups is 1. The first-order valence-corrected chi connectivity index (χ1v) is 25.6. The second kappa shape index (κ2) is 38.8. The van der Waals surface area contributed by atoms with E-state index in [1.807, 2.05) is 0 Å². The van der Waals surface area contributed by atoms with Gasteiger partial charge < -0.3 is 39.9 Å². The maximum absolute atomic E-state index is 12.8. The highest BCUT2D eigenvalue weighted by atomic mass is 31.2. The predicted octanol–water partition coefficient (Wildman–Crippen LogP) is 9.73. The van der Waals surface area contributed by atoms with Crippen molar-refractivity contribution in [3.05, 3.63) is 60.8 Å². The molecule has 1 aliphatic rings. The number of phosphoric ester groups is 1. The summed E-state index contributed by atoms with van der Waals surface area (Å²) in [6, 6.07) is 0. The molecule has 0 aliphatic heterocycles. The van der Waals surface area contributed by atoms with Crippen LogP contribution in [-0.4, -0.2) is 98.3 Å². The molecular formula is C49H85O13P. The smallest absolute Gasteiger partial charge is 0.462 e. The Kier molecular flexibility index (Phi) is 36.1. The number of ether oxygens (including phenoxy) is 2. The van der Waals surface area contributed by atoms with E-state index >= 15 is 0 Å². The first-order valence-electron chi connectivity index (χ1n) is 24.1. The summed E-state index contributed by atoms with van der Waals surface area (Å²) < 4.78 is 33.5. The van der Waals surface area contributed by atoms with Gasteiger partial charge in [0.05, 0.1) is 6.61 Å². The summed E-state index contributed by atoms with van der Waals surface area (Å²) in [7, 11) is -5.13. The van der Waals surface area contributed by atoms with Crippen molar-refractivity contribution in [2.45, 2.75) is 224 Å². The second-order valence-electron chi connectivity index (χ2n) is 16.6. The Morgan fingerprint density at radius 3 is 1.37 bits per heavy atom. The molecule has 0 amide bonds. The SMILES string of the molecule is CCCCC/C=C\C/C=C\C/C=C\C/C=C\CCCCCC(=O)OC[C@H](COP(=O)(O)OC1C(O)C(O)C(O)[C@@H](O)C1O)OC(=O)CCCCCCC/C=C\CCCCCCCC. The summed E-state index contributed by atoms with van der Waals surface area (Å²) in [5, 5.41) is 50.2. The van der Waals surface area contributed by atoms with Gasteiger partial charge in [0, 0.05) is 12.8 Å². The number of allylic oxidation sites excluding steroid dienone is 10. The van der Waals surface area contributed by atoms with Crippen LogP contribution in [0.5, 0.6) is 0 Å². The number of carbonyl (C=O) groups is 2. The zero-order valence-corrected chi connectivity index (χ0v) is 39.5. The molecule has 0 radical (unpaired) electrons. The van der Waals surface area contributed by atoms with Crippen molar-refractivity contribution >= 4 is 19.8 Å². The second-order valence-corrected chi connectivity index (χ2v) is 18.0. The third-order valence-corrected chi connectivity index (χ3v) is 11.8. The molecule has 1 rings (SSSR count). The molecular weight excluding hydrogens is 827 g/mol. The van der Waals surface area contributed by atoms with Gasteiger partial charge >= 0.3 is 19.8 Å². The third-order valence-electron chi connectivity index (χ3n) is 10.8. The van der Waals surface area contributed by atoms with Crippen LogP contribution in [0.3, 0.4) is 0 Å². The Morgan fingerprint density at radius 2 is 0.857 bits per heavy atom. The Hall–Kier alpha value is -2.45. The largest absolute Gasteiger partial charge is 0.472 e. The summed E-state index contributed by atoms with van der Waals surface area (Å²) >= 11 is 0. The lowest BCUT2D eigenvalue weighted by molar-refractivity contribution is -0.220. The minimum atomic E-state index is -5.13. The van der Waals surface area contributed by atoms with E-state index in [0.29, 0.717) is 12.8 Å². The summed E-state index contributed by atoms with van der Waals surface area (Å²) in [6.45, 7) is 3.23. The van der Waals surface area contributed by atoms with Gasteiger partial charge in [0.15, 0.2) is 6.10 Å². The van der Waals surface area contributed by atoms with Crippen molar-refractivity contribution in [2.24, 2.45) is 0 Å². The van der Waals surface area contributed by atoms with Crippen LogP contribution < -0.4 is 0 Å². The van der Waals surface area contributed by atoms with Crippen molar-refractivity contribution in [1.82, 2.24) is 0 Å². The van der Waals surface area contributed by atoms with Gasteiger partial charge in [-0.25, -0.2) is 4.57 Å². The van der Waals surface area contributed by atoms with E-state index in [-0.39, 0.29) is 12.8 Å². The van der Waals surface area contributed by atoms with Crippen molar-refractivity contribution < 1.29 is 63.1 Å². The minimum Gasteiger partial charge on any atom is -0.462 e. The standard InChI is InChI=1S/C49H85O13P/c1-3-5-7-9-11-13-15-17-19-20-21-22-24-25-27-29-31-33-35-37-42(50)59-39-41(40-60-63(57,58)62-49-47(55)45(53)44(52)46(54)48(49)56)61-43(51)38-36-34-32-30-28-26-23-18-16-14-12-10-8-6-4-2/h11,13,17-19,21-23,25,27,41,44-49,52-56H,3-10,12,14-16,20,24,26,28-40H2,1-2H3,(H,57,58)/b13-11-,19-17-,22-21-,23-18-,27-25-/t41-,44?,45-,46?,47?,48?,49?/m1/s1. The van der Waals surface area contributed by atoms with Gasteiger partial charge in [0.1, 0.15) is 43.2 Å². The Balaban J connectivity index is 2.47. The van der Waals surface area contributed by atoms with E-state index < -0.39 is 75.7 Å². The first-order chi connectivity index (χ1) is 30.4. The van der Waals surface area contributed by atoms with Gasteiger partial charge in [0.2, 0.25) is 0 Å². The molecule has 0 spiro atoms. The van der Waals surface area contributed by atoms with E-state index in [1.54, 1.807) is 0 Å². The number of rotatable bonds is 39. The molecule has 0 bridgehead atoms. The quantitative estimate of drug-likeness (QED) is 0.0147. The highest BCUT2D eigenvalue weighted by Crippen LogP contribution is 2.47. The zero-order chi connectivity index (χ0) is 46.4. The molecule has 14 heteroatoms. The number of unbranched alkanes of at least 4 members (excludes halogenated alkanes) is 17. The lowest BCUT2D eigenvalue weighted by Gasteiger charge is -2.41. The molecule has 1 saturated carbocycles. The molecule has 0 heterocycles. The van der Waals surface area contributed by atoms with Crippen LogP contribution >= 0.6 is 7.82 Å². The van der Waals surface area contributed by atoms with Crippen molar-refractivity contribution in [2.75, 3.05) is 13.2 Å². The normalized spacial score (nSPS) is 22.2. The van der Waals surface area contributed by atoms with Crippen LogP contribution in [-0.2, 0) is 32.7 Å². The molecule has 6 N–H and O–H groups in total. The molecule has 13 nitrogen and oxygen atoms in total. The number of hydrogen-bond acceptors (Lipinski definition) is 12. The lowest BCUT2D eigenvalue weighted by Crippen LogP contribution is -2.64. The van der Waals surface area contributed by atoms with Crippen LogP contribution in [0.4, 0.5) is 0 Å². The average molecular weight is 913 g/mol. The van der Waals surface area contributed by atoms with E-state index in [0.717, 1.165) is 83.5 Å². The maximum Gasteiger partial charge on any atom is 0.472 e. The van der Waals surface area contributed by atoms with Gasteiger partial charge in [0.25, 0.3) is 0 Å². The number of esters is 2. The molecule has 6 unspecified atom stereocenters. The van der Waals surface area contributed by atoms with Gasteiger partial charge in [-0.05, 0) is 83.5 Å². The Labute approximate surface area is 379 Å². The third kappa shape index (κ3) is 31.2. The fourth-order valence-electron chi connectivity index (χ4n) is 6.91. The number of aliphatic hydroxyl groups excluding tert-OH is 5. The van der Waals surface area contributed by atoms with Crippen molar-refractivity contribution in [3.8, 4) is 0 Å². The van der Waals surface area contributed by atoms with Crippen molar-refractivity contribution in [1.29, 1.82) is 0 Å². The molecule has 0 aromatic carbocycles. The minimum absolute atomic E-state index is 0.0773. The summed E-state index contributed by atoms with van der Waals surface area (Å²) in [6.07, 6.45) is 34.1. The van der Waals surface area contributed by atoms with E-state index in [4.69, 9.17) is 18.5 Å². The fourth-order valence-corrected chi connectivity index (χ4v) is 7.88. The average Bonchev–Trinajstić information content (AvgIpc) is 3.26. The molecule has 1 aliphatic carbocycles. The number of carbonyl (C=O) groups excluding carboxylic acids is 2. The first kappa shape index (κ1) is 58.6. The predicted molar refractivity (Wildman–Crippen MR) is 249 cm³/mol. The zero-order valence-electron chi connectivity index (χ0n) is 38.6. The Morgan fingerprint density at radius 1 is 0.492 bits per heavy atom. The highest BCUT2D eigenvalue weighted by molar-refractivity contribution is 7.47. The van der Waals surface area contributed by atoms with Gasteiger partial charge in [-0.3, -0.25) is 18.6 Å². The fraction of sp³-hybridized carbons (Fsp3) is 0.755. The molecule has 1 fully saturated rings. The maximum atomic E-state index is 12.8. The molecule has 0 aromatic heterocycles. The van der Waals surface area contributed by atoms with Crippen LogP contribution in [0.2, 0.25) is 0 Å². The number of hydrogen-bond donors (Lipinski definition) is 6. The van der Waals surface area contributed by atoms with Crippen LogP contribution in [0.1, 0.15) is 181 Å². The highest BCUT2D eigenvalue weighted by Gasteiger charge is 2.51. The Bertz CT molecular complexity index is 1330. The van der Waals surface area contributed by atoms with E-state index in [9.17, 15) is 44.6 Å². The van der Waals surface area contributed by atoms with Crippen LogP contribution in [0.15, 0.2) is 60.8 Å². The monoisotopic (exact) mass is 913 g/mol. The molecule has 0 saturated heterocycles. The number of aliphatic hydroxyl groups is 5. The summed E-state index contributed by atoms with van der Waals surface area (Å²) in [5.41, 5.74) is 0. The van der Waals surface area contributed by atoms with Gasteiger partial charge in [-0.2, -0.15) is 0 Å². The van der Waals surface area contributed by atoms with Crippen LogP contribution in [0.25, 0.3) is 0 Å². The van der Waals surface area contributed by atoms with Gasteiger partial charge in [-0.1, -0.05) is 145 Å². The van der Waals surface area contributed by atoms with Gasteiger partial charge in [-0.15, -0.1) is 0 Å². The molecule has 364 valence electrons. The molecule has 0 aromatic rings. The van der Waals surface area contributed by atoms with E-state index in [2.05, 4.69) is 74.6 Å². The summed E-state index contributed by atoms with van der Waals surface area (Å²) in [5.74, 6) is -1.15. The van der Waals surface area contributed by atoms with Crippen molar-refractivity contribution in [3.63, 3.8) is 0 Å².